The molecule has 0 bridgehead atoms. The van der Waals surface area contributed by atoms with Gasteiger partial charge in [-0.1, -0.05) is 41.6 Å². The second-order valence-corrected chi connectivity index (χ2v) is 6.73. The predicted octanol–water partition coefficient (Wildman–Crippen LogP) is 4.39. The first-order valence-corrected chi connectivity index (χ1v) is 9.07. The molecule has 1 N–H and O–H groups in total. The molecular formula is C18H23N3S. The number of rotatable bonds is 5. The van der Waals surface area contributed by atoms with Gasteiger partial charge >= 0.3 is 0 Å². The first-order chi connectivity index (χ1) is 10.8. The molecule has 0 radical (unpaired) electrons. The van der Waals surface area contributed by atoms with Crippen LogP contribution in [0.1, 0.15) is 42.1 Å². The quantitative estimate of drug-likeness (QED) is 0.656. The number of thioether (sulfide) groups is 1. The summed E-state index contributed by atoms with van der Waals surface area (Å²) in [6.45, 7) is 5.15. The third-order valence-electron chi connectivity index (χ3n) is 4.00. The van der Waals surface area contributed by atoms with E-state index in [1.807, 2.05) is 0 Å². The van der Waals surface area contributed by atoms with Crippen LogP contribution in [0.15, 0.2) is 29.4 Å². The van der Waals surface area contributed by atoms with Gasteiger partial charge in [0.05, 0.1) is 5.69 Å². The lowest BCUT2D eigenvalue weighted by molar-refractivity contribution is 0.651. The minimum atomic E-state index is 0.900. The number of anilines is 1. The van der Waals surface area contributed by atoms with Crippen molar-refractivity contribution in [2.75, 3.05) is 11.9 Å². The summed E-state index contributed by atoms with van der Waals surface area (Å²) in [5, 5.41) is 4.32. The van der Waals surface area contributed by atoms with Crippen molar-refractivity contribution >= 4 is 17.6 Å². The van der Waals surface area contributed by atoms with Gasteiger partial charge in [0.25, 0.3) is 0 Å². The normalized spacial score (nSPS) is 13.7. The summed E-state index contributed by atoms with van der Waals surface area (Å²) in [6.07, 6.45) is 4.71. The largest absolute Gasteiger partial charge is 0.370 e. The molecule has 0 aliphatic heterocycles. The van der Waals surface area contributed by atoms with E-state index in [-0.39, 0.29) is 0 Å². The highest BCUT2D eigenvalue weighted by molar-refractivity contribution is 7.98. The van der Waals surface area contributed by atoms with Crippen molar-refractivity contribution in [1.82, 2.24) is 9.97 Å². The maximum Gasteiger partial charge on any atom is 0.190 e. The average molecular weight is 313 g/mol. The van der Waals surface area contributed by atoms with E-state index in [1.54, 1.807) is 11.8 Å². The summed E-state index contributed by atoms with van der Waals surface area (Å²) in [5.41, 5.74) is 5.21. The molecule has 0 fully saturated rings. The standard InChI is InChI=1S/C18H23N3S/c1-3-19-17-15-6-4-5-7-16(15)20-18(21-17)22-12-14-10-8-13(2)9-11-14/h8-11H,3-7,12H2,1-2H3,(H,19,20,21). The fourth-order valence-corrected chi connectivity index (χ4v) is 3.60. The molecule has 1 aromatic carbocycles. The monoisotopic (exact) mass is 313 g/mol. The fourth-order valence-electron chi connectivity index (χ4n) is 2.78. The molecule has 4 heteroatoms. The van der Waals surface area contributed by atoms with E-state index in [1.165, 1.54) is 35.2 Å². The van der Waals surface area contributed by atoms with E-state index in [0.29, 0.717) is 0 Å². The van der Waals surface area contributed by atoms with Gasteiger partial charge in [-0.2, -0.15) is 0 Å². The average Bonchev–Trinajstić information content (AvgIpc) is 2.55. The molecule has 0 atom stereocenters. The van der Waals surface area contributed by atoms with Gasteiger partial charge in [-0.05, 0) is 45.1 Å². The summed E-state index contributed by atoms with van der Waals surface area (Å²) in [6, 6.07) is 8.69. The molecule has 0 spiro atoms. The van der Waals surface area contributed by atoms with Gasteiger partial charge in [-0.3, -0.25) is 0 Å². The van der Waals surface area contributed by atoms with Crippen molar-refractivity contribution in [2.24, 2.45) is 0 Å². The number of benzene rings is 1. The lowest BCUT2D eigenvalue weighted by Gasteiger charge is -2.19. The summed E-state index contributed by atoms with van der Waals surface area (Å²) < 4.78 is 0. The number of nitrogens with zero attached hydrogens (tertiary/aromatic N) is 2. The molecule has 116 valence electrons. The highest BCUT2D eigenvalue weighted by Crippen LogP contribution is 2.29. The van der Waals surface area contributed by atoms with Crippen LogP contribution in [0.5, 0.6) is 0 Å². The van der Waals surface area contributed by atoms with Crippen molar-refractivity contribution in [3.05, 3.63) is 46.6 Å². The molecule has 1 aliphatic carbocycles. The Hall–Kier alpha value is -1.55. The van der Waals surface area contributed by atoms with Crippen LogP contribution < -0.4 is 5.32 Å². The Bertz CT molecular complexity index is 638. The minimum Gasteiger partial charge on any atom is -0.370 e. The van der Waals surface area contributed by atoms with E-state index < -0.39 is 0 Å². The number of hydrogen-bond acceptors (Lipinski definition) is 4. The summed E-state index contributed by atoms with van der Waals surface area (Å²) in [5.74, 6) is 1.98. The number of aryl methyl sites for hydroxylation is 2. The first kappa shape index (κ1) is 15.3. The molecule has 0 amide bonds. The summed E-state index contributed by atoms with van der Waals surface area (Å²) in [7, 11) is 0. The van der Waals surface area contributed by atoms with Gasteiger partial charge < -0.3 is 5.32 Å². The Kier molecular flexibility index (Phi) is 4.98. The van der Waals surface area contributed by atoms with Crippen LogP contribution in [-0.2, 0) is 18.6 Å². The van der Waals surface area contributed by atoms with Crippen LogP contribution in [0.4, 0.5) is 5.82 Å². The smallest absolute Gasteiger partial charge is 0.190 e. The third kappa shape index (κ3) is 3.61. The third-order valence-corrected chi connectivity index (χ3v) is 4.91. The Morgan fingerprint density at radius 1 is 1.09 bits per heavy atom. The van der Waals surface area contributed by atoms with Gasteiger partial charge in [0.1, 0.15) is 5.82 Å². The Balaban J connectivity index is 1.78. The molecular weight excluding hydrogens is 290 g/mol. The number of hydrogen-bond donors (Lipinski definition) is 1. The maximum atomic E-state index is 4.80. The van der Waals surface area contributed by atoms with Gasteiger partial charge in [0, 0.05) is 17.9 Å². The SMILES string of the molecule is CCNc1nc(SCc2ccc(C)cc2)nc2c1CCCC2. The van der Waals surface area contributed by atoms with Crippen molar-refractivity contribution in [3.8, 4) is 0 Å². The molecule has 0 saturated carbocycles. The molecule has 0 unspecified atom stereocenters. The number of aromatic nitrogens is 2. The molecule has 22 heavy (non-hydrogen) atoms. The second kappa shape index (κ2) is 7.14. The van der Waals surface area contributed by atoms with Gasteiger partial charge in [0.2, 0.25) is 0 Å². The van der Waals surface area contributed by atoms with Crippen LogP contribution in [0.2, 0.25) is 0 Å². The molecule has 3 rings (SSSR count). The van der Waals surface area contributed by atoms with Crippen molar-refractivity contribution in [3.63, 3.8) is 0 Å². The fraction of sp³-hybridized carbons (Fsp3) is 0.444. The van der Waals surface area contributed by atoms with Gasteiger partial charge in [-0.15, -0.1) is 0 Å². The number of nitrogens with one attached hydrogen (secondary N) is 1. The van der Waals surface area contributed by atoms with Crippen LogP contribution in [0, 0.1) is 6.92 Å². The van der Waals surface area contributed by atoms with E-state index >= 15 is 0 Å². The molecule has 1 heterocycles. The van der Waals surface area contributed by atoms with Gasteiger partial charge in [-0.25, -0.2) is 9.97 Å². The van der Waals surface area contributed by atoms with Crippen molar-refractivity contribution in [1.29, 1.82) is 0 Å². The van der Waals surface area contributed by atoms with Gasteiger partial charge in [0.15, 0.2) is 5.16 Å². The van der Waals surface area contributed by atoms with Crippen LogP contribution in [0.3, 0.4) is 0 Å². The highest BCUT2D eigenvalue weighted by Gasteiger charge is 2.17. The van der Waals surface area contributed by atoms with Crippen LogP contribution >= 0.6 is 11.8 Å². The minimum absolute atomic E-state index is 0.900. The van der Waals surface area contributed by atoms with Crippen LogP contribution in [0.25, 0.3) is 0 Å². The molecule has 3 nitrogen and oxygen atoms in total. The topological polar surface area (TPSA) is 37.8 Å². The van der Waals surface area contributed by atoms with E-state index in [0.717, 1.165) is 36.1 Å². The van der Waals surface area contributed by atoms with Crippen LogP contribution in [-0.4, -0.2) is 16.5 Å². The number of fused-ring (bicyclic) bond motifs is 1. The molecule has 1 aromatic heterocycles. The zero-order valence-corrected chi connectivity index (χ0v) is 14.2. The summed E-state index contributed by atoms with van der Waals surface area (Å²) >= 11 is 1.73. The summed E-state index contributed by atoms with van der Waals surface area (Å²) in [4.78, 5) is 9.55. The zero-order chi connectivity index (χ0) is 15.4. The van der Waals surface area contributed by atoms with E-state index in [2.05, 4.69) is 43.4 Å². The van der Waals surface area contributed by atoms with E-state index in [4.69, 9.17) is 9.97 Å². The lowest BCUT2D eigenvalue weighted by Crippen LogP contribution is -2.13. The molecule has 0 saturated heterocycles. The van der Waals surface area contributed by atoms with E-state index in [9.17, 15) is 0 Å². The second-order valence-electron chi connectivity index (χ2n) is 5.79. The van der Waals surface area contributed by atoms with Crippen molar-refractivity contribution in [2.45, 2.75) is 50.4 Å². The maximum absolute atomic E-state index is 4.80. The van der Waals surface area contributed by atoms with Crippen molar-refractivity contribution < 1.29 is 0 Å². The Morgan fingerprint density at radius 2 is 1.86 bits per heavy atom. The predicted molar refractivity (Wildman–Crippen MR) is 93.6 cm³/mol. The molecule has 2 aromatic rings. The first-order valence-electron chi connectivity index (χ1n) is 8.08. The lowest BCUT2D eigenvalue weighted by atomic mass is 9.96. The highest BCUT2D eigenvalue weighted by atomic mass is 32.2. The molecule has 1 aliphatic rings. The zero-order valence-electron chi connectivity index (χ0n) is 13.4. The Morgan fingerprint density at radius 3 is 2.64 bits per heavy atom. The Labute approximate surface area is 137 Å².